The third kappa shape index (κ3) is 7.67. The van der Waals surface area contributed by atoms with Crippen LogP contribution in [0.1, 0.15) is 13.3 Å². The summed E-state index contributed by atoms with van der Waals surface area (Å²) in [5.41, 5.74) is 0.157. The van der Waals surface area contributed by atoms with Crippen LogP contribution in [0.4, 0.5) is 0 Å². The van der Waals surface area contributed by atoms with Crippen molar-refractivity contribution in [1.82, 2.24) is 0 Å². The lowest BCUT2D eigenvalue weighted by molar-refractivity contribution is -0.153. The average Bonchev–Trinajstić information content (AvgIpc) is 2.41. The zero-order valence-electron chi connectivity index (χ0n) is 10.6. The van der Waals surface area contributed by atoms with Crippen LogP contribution in [0.15, 0.2) is 37.0 Å². The molecule has 0 aliphatic heterocycles. The number of rotatable bonds is 7. The second kappa shape index (κ2) is 8.82. The number of carbonyl (C=O) groups excluding carboxylic acids is 3. The van der Waals surface area contributed by atoms with Gasteiger partial charge in [0.1, 0.15) is 6.61 Å². The zero-order valence-corrected chi connectivity index (χ0v) is 10.6. The third-order valence-electron chi connectivity index (χ3n) is 1.96. The highest BCUT2D eigenvalue weighted by Gasteiger charge is 2.11. The van der Waals surface area contributed by atoms with Crippen LogP contribution in [0, 0.1) is 0 Å². The van der Waals surface area contributed by atoms with E-state index >= 15 is 0 Å². The molecule has 19 heavy (non-hydrogen) atoms. The Labute approximate surface area is 111 Å². The fourth-order valence-electron chi connectivity index (χ4n) is 0.915. The van der Waals surface area contributed by atoms with E-state index in [0.717, 1.165) is 12.2 Å². The van der Waals surface area contributed by atoms with Gasteiger partial charge >= 0.3 is 17.9 Å². The highest BCUT2D eigenvalue weighted by atomic mass is 16.6. The van der Waals surface area contributed by atoms with E-state index in [9.17, 15) is 19.5 Å². The van der Waals surface area contributed by atoms with Crippen molar-refractivity contribution >= 4 is 17.9 Å². The van der Waals surface area contributed by atoms with Crippen LogP contribution in [-0.2, 0) is 23.9 Å². The van der Waals surface area contributed by atoms with Crippen LogP contribution < -0.4 is 0 Å². The molecule has 0 amide bonds. The van der Waals surface area contributed by atoms with Crippen molar-refractivity contribution < 1.29 is 29.0 Å². The van der Waals surface area contributed by atoms with Crippen molar-refractivity contribution in [1.29, 1.82) is 0 Å². The number of esters is 3. The monoisotopic (exact) mass is 268 g/mol. The molecule has 0 fully saturated rings. The highest BCUT2D eigenvalue weighted by Crippen LogP contribution is 2.03. The molecular formula is C13H16O6. The Bertz CT molecular complexity index is 407. The summed E-state index contributed by atoms with van der Waals surface area (Å²) in [7, 11) is 0. The van der Waals surface area contributed by atoms with Crippen LogP contribution in [0.25, 0.3) is 0 Å². The summed E-state index contributed by atoms with van der Waals surface area (Å²) in [5.74, 6) is -2.31. The summed E-state index contributed by atoms with van der Waals surface area (Å²) in [4.78, 5) is 32.8. The van der Waals surface area contributed by atoms with E-state index in [2.05, 4.69) is 22.6 Å². The average molecular weight is 268 g/mol. The molecule has 0 rings (SSSR count). The van der Waals surface area contributed by atoms with Gasteiger partial charge in [-0.2, -0.15) is 0 Å². The molecule has 0 bridgehead atoms. The fourth-order valence-corrected chi connectivity index (χ4v) is 0.915. The summed E-state index contributed by atoms with van der Waals surface area (Å²) in [5, 5.41) is 9.46. The number of ether oxygens (including phenoxy) is 2. The maximum absolute atomic E-state index is 11.3. The van der Waals surface area contributed by atoms with Gasteiger partial charge < -0.3 is 14.6 Å². The van der Waals surface area contributed by atoms with E-state index in [1.54, 1.807) is 0 Å². The molecule has 0 aliphatic carbocycles. The van der Waals surface area contributed by atoms with Gasteiger partial charge in [-0.3, -0.25) is 0 Å². The first-order valence-corrected chi connectivity index (χ1v) is 5.43. The lowest BCUT2D eigenvalue weighted by atomic mass is 10.2. The normalized spacial score (nSPS) is 12.2. The first-order chi connectivity index (χ1) is 8.90. The van der Waals surface area contributed by atoms with Gasteiger partial charge in [0, 0.05) is 17.7 Å². The second-order valence-corrected chi connectivity index (χ2v) is 3.52. The first kappa shape index (κ1) is 16.8. The minimum atomic E-state index is -0.957. The van der Waals surface area contributed by atoms with Crippen LogP contribution >= 0.6 is 0 Å². The number of hydrogen-bond acceptors (Lipinski definition) is 6. The topological polar surface area (TPSA) is 89.9 Å². The minimum absolute atomic E-state index is 0.0770. The van der Waals surface area contributed by atoms with Crippen molar-refractivity contribution in [2.24, 2.45) is 0 Å². The van der Waals surface area contributed by atoms with Crippen LogP contribution in [0.5, 0.6) is 0 Å². The Hall–Kier alpha value is -2.21. The summed E-state index contributed by atoms with van der Waals surface area (Å²) in [6.07, 6.45) is 2.35. The number of aliphatic hydroxyl groups excluding tert-OH is 1. The Morgan fingerprint density at radius 3 is 2.32 bits per heavy atom. The van der Waals surface area contributed by atoms with Crippen LogP contribution in [-0.4, -0.2) is 35.7 Å². The van der Waals surface area contributed by atoms with Gasteiger partial charge in [-0.15, -0.1) is 0 Å². The van der Waals surface area contributed by atoms with E-state index in [1.165, 1.54) is 13.0 Å². The summed E-state index contributed by atoms with van der Waals surface area (Å²) in [6.45, 7) is 7.57. The SMILES string of the molecule is C=CC(=O)OCC(O)CC=C(C)C(=O)OC(=O)C=C. The third-order valence-corrected chi connectivity index (χ3v) is 1.96. The van der Waals surface area contributed by atoms with Gasteiger partial charge in [0.2, 0.25) is 0 Å². The predicted octanol–water partition coefficient (Wildman–Crippen LogP) is 0.669. The number of aliphatic hydroxyl groups is 1. The molecule has 0 saturated heterocycles. The van der Waals surface area contributed by atoms with E-state index < -0.39 is 24.0 Å². The van der Waals surface area contributed by atoms with Gasteiger partial charge in [0.15, 0.2) is 0 Å². The molecule has 1 N–H and O–H groups in total. The quantitative estimate of drug-likeness (QED) is 0.414. The Morgan fingerprint density at radius 2 is 1.79 bits per heavy atom. The zero-order chi connectivity index (χ0) is 14.8. The molecule has 0 aromatic rings. The number of hydrogen-bond donors (Lipinski definition) is 1. The van der Waals surface area contributed by atoms with E-state index in [1.807, 2.05) is 0 Å². The lowest BCUT2D eigenvalue weighted by Gasteiger charge is -2.08. The maximum atomic E-state index is 11.3. The Kier molecular flexibility index (Phi) is 7.79. The van der Waals surface area contributed by atoms with Gasteiger partial charge in [-0.05, 0) is 13.3 Å². The van der Waals surface area contributed by atoms with Gasteiger partial charge in [0.05, 0.1) is 6.10 Å². The summed E-state index contributed by atoms with van der Waals surface area (Å²) >= 11 is 0. The molecule has 0 aromatic heterocycles. The summed E-state index contributed by atoms with van der Waals surface area (Å²) in [6, 6.07) is 0. The standard InChI is InChI=1S/C13H16O6/c1-4-11(15)18-8-10(14)7-6-9(3)13(17)19-12(16)5-2/h4-6,10,14H,1-2,7-8H2,3H3. The predicted molar refractivity (Wildman–Crippen MR) is 66.8 cm³/mol. The number of carbonyl (C=O) groups is 3. The molecule has 1 atom stereocenters. The molecule has 0 saturated carbocycles. The van der Waals surface area contributed by atoms with Crippen LogP contribution in [0.3, 0.4) is 0 Å². The Morgan fingerprint density at radius 1 is 1.21 bits per heavy atom. The molecular weight excluding hydrogens is 252 g/mol. The van der Waals surface area contributed by atoms with Crippen molar-refractivity contribution in [3.05, 3.63) is 37.0 Å². The molecule has 0 aromatic carbocycles. The van der Waals surface area contributed by atoms with Crippen molar-refractivity contribution in [2.45, 2.75) is 19.4 Å². The van der Waals surface area contributed by atoms with E-state index in [-0.39, 0.29) is 18.6 Å². The molecule has 1 unspecified atom stereocenters. The first-order valence-electron chi connectivity index (χ1n) is 5.43. The minimum Gasteiger partial charge on any atom is -0.460 e. The molecule has 6 heteroatoms. The van der Waals surface area contributed by atoms with Crippen molar-refractivity contribution in [2.75, 3.05) is 6.61 Å². The van der Waals surface area contributed by atoms with Crippen molar-refractivity contribution in [3.8, 4) is 0 Å². The molecule has 0 spiro atoms. The lowest BCUT2D eigenvalue weighted by Crippen LogP contribution is -2.17. The second-order valence-electron chi connectivity index (χ2n) is 3.52. The molecule has 0 heterocycles. The van der Waals surface area contributed by atoms with E-state index in [4.69, 9.17) is 0 Å². The Balaban J connectivity index is 4.19. The molecule has 6 nitrogen and oxygen atoms in total. The largest absolute Gasteiger partial charge is 0.460 e. The molecule has 0 aliphatic rings. The molecule has 104 valence electrons. The van der Waals surface area contributed by atoms with Gasteiger partial charge in [-0.25, -0.2) is 14.4 Å². The van der Waals surface area contributed by atoms with Crippen molar-refractivity contribution in [3.63, 3.8) is 0 Å². The van der Waals surface area contributed by atoms with Crippen LogP contribution in [0.2, 0.25) is 0 Å². The highest BCUT2D eigenvalue weighted by molar-refractivity contribution is 5.98. The maximum Gasteiger partial charge on any atom is 0.341 e. The molecule has 0 radical (unpaired) electrons. The van der Waals surface area contributed by atoms with Gasteiger partial charge in [-0.1, -0.05) is 19.2 Å². The fraction of sp³-hybridized carbons (Fsp3) is 0.308. The summed E-state index contributed by atoms with van der Waals surface area (Å²) < 4.78 is 8.97. The van der Waals surface area contributed by atoms with Gasteiger partial charge in [0.25, 0.3) is 0 Å². The smallest absolute Gasteiger partial charge is 0.341 e. The van der Waals surface area contributed by atoms with E-state index in [0.29, 0.717) is 0 Å².